The van der Waals surface area contributed by atoms with E-state index in [9.17, 15) is 17.6 Å². The molecule has 1 fully saturated rings. The van der Waals surface area contributed by atoms with Gasteiger partial charge >= 0.3 is 0 Å². The zero-order chi connectivity index (χ0) is 15.7. The minimum absolute atomic E-state index is 0.173. The molecule has 0 aromatic heterocycles. The molecule has 0 radical (unpaired) electrons. The summed E-state index contributed by atoms with van der Waals surface area (Å²) in [7, 11) is 2.50. The summed E-state index contributed by atoms with van der Waals surface area (Å²) in [5, 5.41) is 2.52. The van der Waals surface area contributed by atoms with E-state index >= 15 is 0 Å². The van der Waals surface area contributed by atoms with Crippen LogP contribution in [0.2, 0.25) is 0 Å². The molecule has 1 amide bonds. The molecule has 1 aliphatic carbocycles. The monoisotopic (exact) mass is 335 g/mol. The second-order valence-electron chi connectivity index (χ2n) is 5.05. The van der Waals surface area contributed by atoms with E-state index in [1.54, 1.807) is 7.11 Å². The van der Waals surface area contributed by atoms with Crippen molar-refractivity contribution >= 4 is 31.3 Å². The minimum atomic E-state index is -4.14. The maximum atomic E-state index is 13.6. The van der Waals surface area contributed by atoms with E-state index in [1.165, 1.54) is 6.07 Å². The Bertz CT molecular complexity index is 653. The fourth-order valence-electron chi connectivity index (χ4n) is 2.30. The molecule has 5 nitrogen and oxygen atoms in total. The molecule has 0 saturated heterocycles. The highest BCUT2D eigenvalue weighted by Crippen LogP contribution is 2.38. The minimum Gasteiger partial charge on any atom is -0.378 e. The topological polar surface area (TPSA) is 72.5 Å². The molecule has 0 atom stereocenters. The van der Waals surface area contributed by atoms with Crippen molar-refractivity contribution in [3.63, 3.8) is 0 Å². The van der Waals surface area contributed by atoms with Crippen molar-refractivity contribution < 1.29 is 22.3 Å². The first-order valence-corrected chi connectivity index (χ1v) is 8.66. The van der Waals surface area contributed by atoms with Crippen molar-refractivity contribution in [2.75, 3.05) is 12.4 Å². The average Bonchev–Trinajstić information content (AvgIpc) is 2.32. The largest absolute Gasteiger partial charge is 0.378 e. The Balaban J connectivity index is 2.07. The van der Waals surface area contributed by atoms with Crippen LogP contribution in [0.3, 0.4) is 0 Å². The molecule has 0 spiro atoms. The van der Waals surface area contributed by atoms with Crippen LogP contribution >= 0.6 is 10.7 Å². The molecule has 1 N–H and O–H groups in total. The molecule has 1 aliphatic rings. The molecule has 0 bridgehead atoms. The van der Waals surface area contributed by atoms with Gasteiger partial charge in [-0.25, -0.2) is 12.8 Å². The Kier molecular flexibility index (Phi) is 4.55. The van der Waals surface area contributed by atoms with E-state index in [0.29, 0.717) is 0 Å². The third-order valence-electron chi connectivity index (χ3n) is 3.66. The van der Waals surface area contributed by atoms with E-state index in [0.717, 1.165) is 31.4 Å². The van der Waals surface area contributed by atoms with E-state index in [1.807, 2.05) is 0 Å². The summed E-state index contributed by atoms with van der Waals surface area (Å²) in [4.78, 5) is 11.3. The number of benzene rings is 1. The molecule has 1 saturated carbocycles. The van der Waals surface area contributed by atoms with Crippen LogP contribution in [0.4, 0.5) is 10.1 Å². The highest BCUT2D eigenvalue weighted by Gasteiger charge is 2.39. The summed E-state index contributed by atoms with van der Waals surface area (Å²) >= 11 is 0. The van der Waals surface area contributed by atoms with Crippen LogP contribution in [0.25, 0.3) is 0 Å². The fraction of sp³-hybridized carbons (Fsp3) is 0.462. The van der Waals surface area contributed by atoms with Gasteiger partial charge in [0.25, 0.3) is 9.05 Å². The molecule has 21 heavy (non-hydrogen) atoms. The maximum Gasteiger partial charge on any atom is 0.264 e. The number of hydrogen-bond acceptors (Lipinski definition) is 4. The van der Waals surface area contributed by atoms with Crippen molar-refractivity contribution in [1.29, 1.82) is 0 Å². The van der Waals surface area contributed by atoms with Crippen molar-refractivity contribution in [2.45, 2.75) is 36.2 Å². The quantitative estimate of drug-likeness (QED) is 0.840. The van der Waals surface area contributed by atoms with Gasteiger partial charge in [0.15, 0.2) is 0 Å². The normalized spacial score (nSPS) is 17.1. The first kappa shape index (κ1) is 16.2. The van der Waals surface area contributed by atoms with Gasteiger partial charge in [-0.2, -0.15) is 0 Å². The molecule has 1 aromatic carbocycles. The van der Waals surface area contributed by atoms with Gasteiger partial charge in [-0.05, 0) is 37.5 Å². The Morgan fingerprint density at radius 2 is 2.14 bits per heavy atom. The van der Waals surface area contributed by atoms with Crippen LogP contribution in [0.1, 0.15) is 25.7 Å². The van der Waals surface area contributed by atoms with Gasteiger partial charge in [0, 0.05) is 23.5 Å². The molecule has 0 heterocycles. The second kappa shape index (κ2) is 5.90. The van der Waals surface area contributed by atoms with Crippen LogP contribution in [-0.4, -0.2) is 27.0 Å². The third kappa shape index (κ3) is 3.72. The zero-order valence-corrected chi connectivity index (χ0v) is 12.9. The van der Waals surface area contributed by atoms with Gasteiger partial charge in [0.2, 0.25) is 5.91 Å². The number of nitrogens with one attached hydrogen (secondary N) is 1. The Morgan fingerprint density at radius 1 is 1.48 bits per heavy atom. The van der Waals surface area contributed by atoms with Crippen LogP contribution in [0, 0.1) is 5.82 Å². The highest BCUT2D eigenvalue weighted by atomic mass is 35.7. The Labute approximate surface area is 126 Å². The number of methoxy groups -OCH3 is 1. The maximum absolute atomic E-state index is 13.6. The Hall–Kier alpha value is -1.18. The summed E-state index contributed by atoms with van der Waals surface area (Å²) in [5.41, 5.74) is -0.255. The number of rotatable bonds is 5. The van der Waals surface area contributed by atoms with Crippen molar-refractivity contribution in [1.82, 2.24) is 0 Å². The molecular formula is C13H15ClFNO4S. The first-order chi connectivity index (χ1) is 9.76. The predicted molar refractivity (Wildman–Crippen MR) is 76.3 cm³/mol. The van der Waals surface area contributed by atoms with Gasteiger partial charge in [-0.3, -0.25) is 4.79 Å². The summed E-state index contributed by atoms with van der Waals surface area (Å²) < 4.78 is 41.1. The molecule has 116 valence electrons. The predicted octanol–water partition coefficient (Wildman–Crippen LogP) is 2.65. The summed E-state index contributed by atoms with van der Waals surface area (Å²) in [6.07, 6.45) is 2.82. The standard InChI is InChI=1S/C13H15ClFNO4S/c1-20-13(5-2-6-13)8-12(17)16-9-3-4-11(10(15)7-9)21(14,18)19/h3-4,7H,2,5-6,8H2,1H3,(H,16,17). The fourth-order valence-corrected chi connectivity index (χ4v) is 3.20. The van der Waals surface area contributed by atoms with Crippen LogP contribution in [-0.2, 0) is 18.6 Å². The Morgan fingerprint density at radius 3 is 2.57 bits per heavy atom. The summed E-state index contributed by atoms with van der Waals surface area (Å²) in [5.74, 6) is -1.31. The van der Waals surface area contributed by atoms with Crippen molar-refractivity contribution in [3.05, 3.63) is 24.0 Å². The van der Waals surface area contributed by atoms with Gasteiger partial charge in [0.05, 0.1) is 12.0 Å². The molecule has 0 aliphatic heterocycles. The van der Waals surface area contributed by atoms with E-state index in [4.69, 9.17) is 15.4 Å². The number of carbonyl (C=O) groups is 1. The van der Waals surface area contributed by atoms with Crippen LogP contribution in [0.5, 0.6) is 0 Å². The number of halogens is 2. The number of amides is 1. The number of ether oxygens (including phenoxy) is 1. The van der Waals surface area contributed by atoms with Crippen LogP contribution in [0.15, 0.2) is 23.1 Å². The molecule has 0 unspecified atom stereocenters. The lowest BCUT2D eigenvalue weighted by Crippen LogP contribution is -2.42. The lowest BCUT2D eigenvalue weighted by atomic mass is 9.77. The molecule has 8 heteroatoms. The van der Waals surface area contributed by atoms with Crippen LogP contribution < -0.4 is 5.32 Å². The average molecular weight is 336 g/mol. The number of hydrogen-bond donors (Lipinski definition) is 1. The van der Waals surface area contributed by atoms with E-state index < -0.39 is 25.4 Å². The number of anilines is 1. The molecule has 1 aromatic rings. The summed E-state index contributed by atoms with van der Waals surface area (Å²) in [6, 6.07) is 3.23. The van der Waals surface area contributed by atoms with Gasteiger partial charge in [0.1, 0.15) is 10.7 Å². The first-order valence-electron chi connectivity index (χ1n) is 6.35. The van der Waals surface area contributed by atoms with E-state index in [2.05, 4.69) is 5.32 Å². The van der Waals surface area contributed by atoms with Gasteiger partial charge < -0.3 is 10.1 Å². The van der Waals surface area contributed by atoms with Gasteiger partial charge in [-0.1, -0.05) is 0 Å². The van der Waals surface area contributed by atoms with Crippen molar-refractivity contribution in [2.24, 2.45) is 0 Å². The third-order valence-corrected chi connectivity index (χ3v) is 5.01. The number of carbonyl (C=O) groups excluding carboxylic acids is 1. The zero-order valence-electron chi connectivity index (χ0n) is 11.4. The SMILES string of the molecule is COC1(CC(=O)Nc2ccc(S(=O)(=O)Cl)c(F)c2)CCC1. The van der Waals surface area contributed by atoms with E-state index in [-0.39, 0.29) is 18.0 Å². The molecular weight excluding hydrogens is 321 g/mol. The lowest BCUT2D eigenvalue weighted by molar-refractivity contribution is -0.129. The second-order valence-corrected chi connectivity index (χ2v) is 7.58. The smallest absolute Gasteiger partial charge is 0.264 e. The summed E-state index contributed by atoms with van der Waals surface area (Å²) in [6.45, 7) is 0. The highest BCUT2D eigenvalue weighted by molar-refractivity contribution is 8.13. The van der Waals surface area contributed by atoms with Gasteiger partial charge in [-0.15, -0.1) is 0 Å². The lowest BCUT2D eigenvalue weighted by Gasteiger charge is -2.39. The molecule has 2 rings (SSSR count). The van der Waals surface area contributed by atoms with Crippen molar-refractivity contribution in [3.8, 4) is 0 Å².